The van der Waals surface area contributed by atoms with E-state index in [1.165, 1.54) is 23.2 Å². The average molecular weight is 430 g/mol. The van der Waals surface area contributed by atoms with Crippen LogP contribution in [0.25, 0.3) is 0 Å². The summed E-state index contributed by atoms with van der Waals surface area (Å²) < 4.78 is 28.5. The van der Waals surface area contributed by atoms with Crippen molar-refractivity contribution in [3.8, 4) is 0 Å². The number of amides is 1. The van der Waals surface area contributed by atoms with Crippen LogP contribution in [0.4, 0.5) is 0 Å². The SMILES string of the molecule is CCN(C(=O)C(C)OC(=O)CCC(=O)c1cc(C)sc1C)C1CCS(=O)(=O)C1. The zero-order valence-corrected chi connectivity index (χ0v) is 18.3. The lowest BCUT2D eigenvalue weighted by molar-refractivity contribution is -0.159. The molecule has 1 saturated heterocycles. The number of sulfone groups is 1. The topological polar surface area (TPSA) is 97.8 Å². The molecular formula is C19H27NO6S2. The molecule has 28 heavy (non-hydrogen) atoms. The van der Waals surface area contributed by atoms with Gasteiger partial charge in [0.05, 0.1) is 17.9 Å². The van der Waals surface area contributed by atoms with Crippen LogP contribution in [0.2, 0.25) is 0 Å². The Hall–Kier alpha value is -1.74. The van der Waals surface area contributed by atoms with Gasteiger partial charge in [0.15, 0.2) is 21.7 Å². The molecule has 0 saturated carbocycles. The number of ether oxygens (including phenoxy) is 1. The van der Waals surface area contributed by atoms with Gasteiger partial charge in [0.2, 0.25) is 0 Å². The monoisotopic (exact) mass is 429 g/mol. The molecule has 1 fully saturated rings. The number of ketones is 1. The lowest BCUT2D eigenvalue weighted by Gasteiger charge is -2.29. The van der Waals surface area contributed by atoms with Crippen LogP contribution in [0.5, 0.6) is 0 Å². The van der Waals surface area contributed by atoms with Gasteiger partial charge in [-0.25, -0.2) is 8.42 Å². The number of aryl methyl sites for hydroxylation is 2. The number of likely N-dealkylation sites (N-methyl/N-ethyl adjacent to an activating group) is 1. The Morgan fingerprint density at radius 2 is 1.96 bits per heavy atom. The van der Waals surface area contributed by atoms with Crippen molar-refractivity contribution in [1.29, 1.82) is 0 Å². The van der Waals surface area contributed by atoms with Gasteiger partial charge < -0.3 is 9.64 Å². The van der Waals surface area contributed by atoms with Gasteiger partial charge in [-0.15, -0.1) is 11.3 Å². The van der Waals surface area contributed by atoms with E-state index < -0.39 is 27.8 Å². The smallest absolute Gasteiger partial charge is 0.307 e. The van der Waals surface area contributed by atoms with Crippen molar-refractivity contribution in [2.24, 2.45) is 0 Å². The molecule has 1 aliphatic heterocycles. The Labute approximate surface area is 170 Å². The van der Waals surface area contributed by atoms with Gasteiger partial charge in [-0.2, -0.15) is 0 Å². The first-order valence-electron chi connectivity index (χ1n) is 9.34. The van der Waals surface area contributed by atoms with E-state index in [2.05, 4.69) is 0 Å². The predicted molar refractivity (Wildman–Crippen MR) is 107 cm³/mol. The fraction of sp³-hybridized carbons (Fsp3) is 0.632. The third-order valence-electron chi connectivity index (χ3n) is 4.83. The van der Waals surface area contributed by atoms with Crippen LogP contribution in [-0.4, -0.2) is 61.2 Å². The summed E-state index contributed by atoms with van der Waals surface area (Å²) in [6, 6.07) is 1.43. The number of thiophene rings is 1. The molecule has 1 aliphatic rings. The second kappa shape index (κ2) is 9.17. The van der Waals surface area contributed by atoms with Gasteiger partial charge in [0.1, 0.15) is 0 Å². The number of Topliss-reactive ketones (excluding diaryl/α,β-unsaturated/α-hetero) is 1. The molecular weight excluding hydrogens is 402 g/mol. The molecule has 0 bridgehead atoms. The maximum atomic E-state index is 12.6. The van der Waals surface area contributed by atoms with Gasteiger partial charge in [0.25, 0.3) is 5.91 Å². The first-order valence-corrected chi connectivity index (χ1v) is 12.0. The second-order valence-electron chi connectivity index (χ2n) is 7.06. The van der Waals surface area contributed by atoms with Gasteiger partial charge in [-0.1, -0.05) is 0 Å². The molecule has 156 valence electrons. The molecule has 2 rings (SSSR count). The number of nitrogens with zero attached hydrogens (tertiary/aromatic N) is 1. The molecule has 2 unspecified atom stereocenters. The normalized spacial score (nSPS) is 19.2. The minimum absolute atomic E-state index is 0.0229. The zero-order valence-electron chi connectivity index (χ0n) is 16.7. The van der Waals surface area contributed by atoms with Crippen LogP contribution >= 0.6 is 11.3 Å². The maximum absolute atomic E-state index is 12.6. The van der Waals surface area contributed by atoms with E-state index in [0.29, 0.717) is 18.5 Å². The third kappa shape index (κ3) is 5.64. The van der Waals surface area contributed by atoms with Gasteiger partial charge in [0, 0.05) is 34.3 Å². The number of rotatable bonds is 8. The highest BCUT2D eigenvalue weighted by molar-refractivity contribution is 7.91. The molecule has 2 heterocycles. The van der Waals surface area contributed by atoms with Crippen LogP contribution in [0.3, 0.4) is 0 Å². The lowest BCUT2D eigenvalue weighted by atomic mass is 10.1. The molecule has 1 amide bonds. The molecule has 1 aromatic heterocycles. The molecule has 0 spiro atoms. The molecule has 1 aromatic rings. The second-order valence-corrected chi connectivity index (χ2v) is 10.8. The van der Waals surface area contributed by atoms with Gasteiger partial charge in [-0.3, -0.25) is 14.4 Å². The maximum Gasteiger partial charge on any atom is 0.307 e. The molecule has 9 heteroatoms. The van der Waals surface area contributed by atoms with E-state index in [1.807, 2.05) is 19.9 Å². The van der Waals surface area contributed by atoms with E-state index in [4.69, 9.17) is 4.74 Å². The quantitative estimate of drug-likeness (QED) is 0.465. The summed E-state index contributed by atoms with van der Waals surface area (Å²) in [5, 5.41) is 0. The number of carbonyl (C=O) groups is 3. The standard InChI is InChI=1S/C19H27NO6S2/c1-5-20(15-8-9-28(24,25)11-15)19(23)13(3)26-18(22)7-6-17(21)16-10-12(2)27-14(16)4/h10,13,15H,5-9,11H2,1-4H3. The van der Waals surface area contributed by atoms with Crippen LogP contribution < -0.4 is 0 Å². The average Bonchev–Trinajstić information content (AvgIpc) is 3.14. The van der Waals surface area contributed by atoms with E-state index in [9.17, 15) is 22.8 Å². The number of hydrogen-bond donors (Lipinski definition) is 0. The van der Waals surface area contributed by atoms with Crippen molar-refractivity contribution < 1.29 is 27.5 Å². The third-order valence-corrected chi connectivity index (χ3v) is 7.54. The summed E-state index contributed by atoms with van der Waals surface area (Å²) in [6.07, 6.45) is -0.698. The van der Waals surface area contributed by atoms with Crippen LogP contribution in [0.1, 0.15) is 53.2 Å². The van der Waals surface area contributed by atoms with Crippen molar-refractivity contribution in [2.45, 2.75) is 59.1 Å². The minimum atomic E-state index is -3.12. The van der Waals surface area contributed by atoms with Crippen LogP contribution in [-0.2, 0) is 24.2 Å². The Morgan fingerprint density at radius 3 is 2.46 bits per heavy atom. The minimum Gasteiger partial charge on any atom is -0.453 e. The fourth-order valence-electron chi connectivity index (χ4n) is 3.41. The first-order chi connectivity index (χ1) is 13.0. The van der Waals surface area contributed by atoms with Crippen LogP contribution in [0.15, 0.2) is 6.07 Å². The number of hydrogen-bond acceptors (Lipinski definition) is 7. The summed E-state index contributed by atoms with van der Waals surface area (Å²) in [6.45, 7) is 7.37. The highest BCUT2D eigenvalue weighted by Gasteiger charge is 2.36. The van der Waals surface area contributed by atoms with Gasteiger partial charge >= 0.3 is 5.97 Å². The fourth-order valence-corrected chi connectivity index (χ4v) is 6.09. The molecule has 0 aliphatic carbocycles. The number of carbonyl (C=O) groups excluding carboxylic acids is 3. The molecule has 0 radical (unpaired) electrons. The van der Waals surface area contributed by atoms with Crippen molar-refractivity contribution >= 4 is 38.8 Å². The largest absolute Gasteiger partial charge is 0.453 e. The summed E-state index contributed by atoms with van der Waals surface area (Å²) in [7, 11) is -3.12. The zero-order chi connectivity index (χ0) is 21.1. The molecule has 2 atom stereocenters. The summed E-state index contributed by atoms with van der Waals surface area (Å²) >= 11 is 1.53. The van der Waals surface area contributed by atoms with E-state index in [-0.39, 0.29) is 36.2 Å². The van der Waals surface area contributed by atoms with Crippen molar-refractivity contribution in [3.05, 3.63) is 21.4 Å². The molecule has 0 N–H and O–H groups in total. The van der Waals surface area contributed by atoms with E-state index in [0.717, 1.165) is 9.75 Å². The molecule has 0 aromatic carbocycles. The lowest BCUT2D eigenvalue weighted by Crippen LogP contribution is -2.46. The Morgan fingerprint density at radius 1 is 1.29 bits per heavy atom. The highest BCUT2D eigenvalue weighted by atomic mass is 32.2. The van der Waals surface area contributed by atoms with E-state index >= 15 is 0 Å². The summed E-state index contributed by atoms with van der Waals surface area (Å²) in [4.78, 5) is 40.4. The summed E-state index contributed by atoms with van der Waals surface area (Å²) in [5.74, 6) is -1.13. The summed E-state index contributed by atoms with van der Waals surface area (Å²) in [5.41, 5.74) is 0.624. The van der Waals surface area contributed by atoms with Crippen molar-refractivity contribution in [2.75, 3.05) is 18.1 Å². The Kier molecular flexibility index (Phi) is 7.39. The van der Waals surface area contributed by atoms with Crippen molar-refractivity contribution in [3.63, 3.8) is 0 Å². The molecule has 7 nitrogen and oxygen atoms in total. The Balaban J connectivity index is 1.87. The first kappa shape index (κ1) is 22.5. The Bertz CT molecular complexity index is 858. The van der Waals surface area contributed by atoms with Crippen LogP contribution in [0, 0.1) is 13.8 Å². The highest BCUT2D eigenvalue weighted by Crippen LogP contribution is 2.23. The van der Waals surface area contributed by atoms with Gasteiger partial charge in [-0.05, 0) is 40.2 Å². The number of esters is 1. The van der Waals surface area contributed by atoms with E-state index in [1.54, 1.807) is 6.92 Å². The van der Waals surface area contributed by atoms with Crippen molar-refractivity contribution in [1.82, 2.24) is 4.90 Å². The predicted octanol–water partition coefficient (Wildman–Crippen LogP) is 2.30.